The van der Waals surface area contributed by atoms with Crippen molar-refractivity contribution in [1.82, 2.24) is 9.97 Å². The van der Waals surface area contributed by atoms with Gasteiger partial charge in [-0.3, -0.25) is 0 Å². The molecule has 0 spiro atoms. The molecular weight excluding hydrogens is 298 g/mol. The number of nitrogens with zero attached hydrogens (tertiary/aromatic N) is 4. The molecular formula is C19H23N5. The molecule has 0 aliphatic carbocycles. The smallest absolute Gasteiger partial charge is 0.229 e. The number of hydrogen-bond donors (Lipinski definition) is 1. The highest BCUT2D eigenvalue weighted by molar-refractivity contribution is 5.58. The predicted octanol–water partition coefficient (Wildman–Crippen LogP) is 4.03. The molecule has 3 rings (SSSR count). The number of aryl methyl sites for hydroxylation is 1. The van der Waals surface area contributed by atoms with Gasteiger partial charge in [-0.1, -0.05) is 19.4 Å². The van der Waals surface area contributed by atoms with Gasteiger partial charge in [-0.05, 0) is 43.9 Å². The summed E-state index contributed by atoms with van der Waals surface area (Å²) in [5.41, 5.74) is 2.53. The summed E-state index contributed by atoms with van der Waals surface area (Å²) in [4.78, 5) is 11.7. The molecule has 1 N–H and O–H groups in total. The molecule has 24 heavy (non-hydrogen) atoms. The van der Waals surface area contributed by atoms with Gasteiger partial charge in [-0.2, -0.15) is 10.2 Å². The van der Waals surface area contributed by atoms with Crippen LogP contribution in [0.5, 0.6) is 0 Å². The van der Waals surface area contributed by atoms with Crippen molar-refractivity contribution < 1.29 is 0 Å². The summed E-state index contributed by atoms with van der Waals surface area (Å²) in [7, 11) is 0. The van der Waals surface area contributed by atoms with Crippen LogP contribution in [0.15, 0.2) is 30.3 Å². The monoisotopic (exact) mass is 321 g/mol. The SMILES string of the molecule is CCCc1cc(N2CCCCC2)nc(Nc2cccc(C#N)c2)n1. The molecule has 0 saturated carbocycles. The Morgan fingerprint density at radius 3 is 2.75 bits per heavy atom. The lowest BCUT2D eigenvalue weighted by molar-refractivity contribution is 0.573. The van der Waals surface area contributed by atoms with Crippen LogP contribution >= 0.6 is 0 Å². The fourth-order valence-corrected chi connectivity index (χ4v) is 3.00. The van der Waals surface area contributed by atoms with Gasteiger partial charge in [0.05, 0.1) is 11.6 Å². The molecule has 0 radical (unpaired) electrons. The Balaban J connectivity index is 1.87. The molecule has 1 fully saturated rings. The van der Waals surface area contributed by atoms with Crippen molar-refractivity contribution in [2.45, 2.75) is 39.0 Å². The second-order valence-electron chi connectivity index (χ2n) is 6.16. The van der Waals surface area contributed by atoms with Gasteiger partial charge < -0.3 is 10.2 Å². The molecule has 1 aliphatic heterocycles. The van der Waals surface area contributed by atoms with E-state index in [2.05, 4.69) is 34.3 Å². The molecule has 5 heteroatoms. The van der Waals surface area contributed by atoms with Gasteiger partial charge in [0.25, 0.3) is 0 Å². The van der Waals surface area contributed by atoms with Crippen LogP contribution in [0, 0.1) is 11.3 Å². The molecule has 2 heterocycles. The van der Waals surface area contributed by atoms with E-state index in [0.29, 0.717) is 11.5 Å². The van der Waals surface area contributed by atoms with E-state index >= 15 is 0 Å². The summed E-state index contributed by atoms with van der Waals surface area (Å²) < 4.78 is 0. The molecule has 0 amide bonds. The van der Waals surface area contributed by atoms with Crippen molar-refractivity contribution in [1.29, 1.82) is 5.26 Å². The third-order valence-corrected chi connectivity index (χ3v) is 4.20. The molecule has 2 aromatic rings. The summed E-state index contributed by atoms with van der Waals surface area (Å²) in [5.74, 6) is 1.61. The Hall–Kier alpha value is -2.61. The van der Waals surface area contributed by atoms with Crippen molar-refractivity contribution in [2.75, 3.05) is 23.3 Å². The Morgan fingerprint density at radius 1 is 1.17 bits per heavy atom. The topological polar surface area (TPSA) is 64.8 Å². The number of aromatic nitrogens is 2. The maximum atomic E-state index is 9.04. The van der Waals surface area contributed by atoms with Crippen LogP contribution in [0.4, 0.5) is 17.5 Å². The van der Waals surface area contributed by atoms with Gasteiger partial charge in [0.15, 0.2) is 0 Å². The average Bonchev–Trinajstić information content (AvgIpc) is 2.63. The van der Waals surface area contributed by atoms with Crippen LogP contribution in [-0.2, 0) is 6.42 Å². The zero-order chi connectivity index (χ0) is 16.8. The fourth-order valence-electron chi connectivity index (χ4n) is 3.00. The summed E-state index contributed by atoms with van der Waals surface area (Å²) in [6.45, 7) is 4.28. The normalized spacial score (nSPS) is 14.2. The van der Waals surface area contributed by atoms with Crippen molar-refractivity contribution in [3.8, 4) is 6.07 Å². The lowest BCUT2D eigenvalue weighted by Crippen LogP contribution is -2.30. The number of nitriles is 1. The van der Waals surface area contributed by atoms with Crippen molar-refractivity contribution >= 4 is 17.5 Å². The molecule has 1 aromatic heterocycles. The number of piperidine rings is 1. The Labute approximate surface area is 143 Å². The Kier molecular flexibility index (Phi) is 5.27. The summed E-state index contributed by atoms with van der Waals surface area (Å²) in [6, 6.07) is 11.7. The van der Waals surface area contributed by atoms with Gasteiger partial charge in [0.2, 0.25) is 5.95 Å². The highest BCUT2D eigenvalue weighted by Crippen LogP contribution is 2.22. The molecule has 5 nitrogen and oxygen atoms in total. The first kappa shape index (κ1) is 16.3. The lowest BCUT2D eigenvalue weighted by Gasteiger charge is -2.28. The van der Waals surface area contributed by atoms with Gasteiger partial charge in [0.1, 0.15) is 5.82 Å². The summed E-state index contributed by atoms with van der Waals surface area (Å²) in [5, 5.41) is 12.3. The number of nitrogens with one attached hydrogen (secondary N) is 1. The highest BCUT2D eigenvalue weighted by Gasteiger charge is 2.14. The van der Waals surface area contributed by atoms with Crippen molar-refractivity contribution in [2.24, 2.45) is 0 Å². The number of hydrogen-bond acceptors (Lipinski definition) is 5. The quantitative estimate of drug-likeness (QED) is 0.900. The molecule has 0 atom stereocenters. The van der Waals surface area contributed by atoms with E-state index in [0.717, 1.165) is 43.1 Å². The van der Waals surface area contributed by atoms with Crippen LogP contribution in [0.25, 0.3) is 0 Å². The second kappa shape index (κ2) is 7.78. The highest BCUT2D eigenvalue weighted by atomic mass is 15.2. The van der Waals surface area contributed by atoms with Crippen molar-refractivity contribution in [3.05, 3.63) is 41.6 Å². The number of anilines is 3. The average molecular weight is 321 g/mol. The van der Waals surface area contributed by atoms with Crippen molar-refractivity contribution in [3.63, 3.8) is 0 Å². The van der Waals surface area contributed by atoms with Gasteiger partial charge in [-0.15, -0.1) is 0 Å². The van der Waals surface area contributed by atoms with E-state index in [1.54, 1.807) is 6.07 Å². The second-order valence-corrected chi connectivity index (χ2v) is 6.16. The van der Waals surface area contributed by atoms with Gasteiger partial charge in [0, 0.05) is 30.5 Å². The lowest BCUT2D eigenvalue weighted by atomic mass is 10.1. The first-order valence-electron chi connectivity index (χ1n) is 8.68. The van der Waals surface area contributed by atoms with Crippen LogP contribution in [0.1, 0.15) is 43.9 Å². The maximum absolute atomic E-state index is 9.04. The van der Waals surface area contributed by atoms with E-state index in [9.17, 15) is 0 Å². The first-order valence-corrected chi connectivity index (χ1v) is 8.68. The third-order valence-electron chi connectivity index (χ3n) is 4.20. The molecule has 124 valence electrons. The van der Waals surface area contributed by atoms with E-state index in [1.165, 1.54) is 19.3 Å². The first-order chi connectivity index (χ1) is 11.8. The van der Waals surface area contributed by atoms with Gasteiger partial charge in [-0.25, -0.2) is 4.98 Å². The van der Waals surface area contributed by atoms with E-state index in [4.69, 9.17) is 10.2 Å². The van der Waals surface area contributed by atoms with E-state index < -0.39 is 0 Å². The fraction of sp³-hybridized carbons (Fsp3) is 0.421. The van der Waals surface area contributed by atoms with E-state index in [-0.39, 0.29) is 0 Å². The van der Waals surface area contributed by atoms with Crippen LogP contribution < -0.4 is 10.2 Å². The Morgan fingerprint density at radius 2 is 2.00 bits per heavy atom. The van der Waals surface area contributed by atoms with E-state index in [1.807, 2.05) is 18.2 Å². The zero-order valence-electron chi connectivity index (χ0n) is 14.1. The third kappa shape index (κ3) is 4.02. The van der Waals surface area contributed by atoms with Gasteiger partial charge >= 0.3 is 0 Å². The Bertz CT molecular complexity index is 729. The minimum Gasteiger partial charge on any atom is -0.356 e. The molecule has 0 bridgehead atoms. The summed E-state index contributed by atoms with van der Waals surface area (Å²) in [6.07, 6.45) is 5.74. The summed E-state index contributed by atoms with van der Waals surface area (Å²) >= 11 is 0. The maximum Gasteiger partial charge on any atom is 0.229 e. The molecule has 1 aliphatic rings. The predicted molar refractivity (Wildman–Crippen MR) is 96.5 cm³/mol. The van der Waals surface area contributed by atoms with Crippen LogP contribution in [0.2, 0.25) is 0 Å². The van der Waals surface area contributed by atoms with Crippen LogP contribution in [-0.4, -0.2) is 23.1 Å². The molecule has 1 aromatic carbocycles. The number of benzene rings is 1. The zero-order valence-corrected chi connectivity index (χ0v) is 14.1. The minimum atomic E-state index is 0.608. The minimum absolute atomic E-state index is 0.608. The van der Waals surface area contributed by atoms with Crippen LogP contribution in [0.3, 0.4) is 0 Å². The number of rotatable bonds is 5. The standard InChI is InChI=1S/C19H23N5/c1-2-7-16-13-18(24-10-4-3-5-11-24)23-19(21-16)22-17-9-6-8-15(12-17)14-20/h6,8-9,12-13H,2-5,7,10-11H2,1H3,(H,21,22,23). The molecule has 0 unspecified atom stereocenters. The molecule has 1 saturated heterocycles. The largest absolute Gasteiger partial charge is 0.356 e.